The van der Waals surface area contributed by atoms with E-state index in [9.17, 15) is 10.5 Å². The average Bonchev–Trinajstić information content (AvgIpc) is 2.40. The molecule has 18 heavy (non-hydrogen) atoms. The van der Waals surface area contributed by atoms with Gasteiger partial charge in [-0.3, -0.25) is 0 Å². The van der Waals surface area contributed by atoms with Crippen molar-refractivity contribution in [3.8, 4) is 12.1 Å². The third kappa shape index (κ3) is 1.68. The molecule has 92 valence electrons. The van der Waals surface area contributed by atoms with E-state index < -0.39 is 0 Å². The average molecular weight is 238 g/mol. The molecule has 0 N–H and O–H groups in total. The molecule has 2 nitrogen and oxygen atoms in total. The highest BCUT2D eigenvalue weighted by Gasteiger charge is 2.38. The Morgan fingerprint density at radius 2 is 1.78 bits per heavy atom. The first-order valence-electron chi connectivity index (χ1n) is 7.10. The van der Waals surface area contributed by atoms with Gasteiger partial charge < -0.3 is 0 Å². The molecule has 0 aromatic heterocycles. The van der Waals surface area contributed by atoms with E-state index in [0.717, 1.165) is 12.8 Å². The van der Waals surface area contributed by atoms with E-state index in [0.29, 0.717) is 17.4 Å². The van der Waals surface area contributed by atoms with Crippen LogP contribution in [0.1, 0.15) is 51.4 Å². The second kappa shape index (κ2) is 4.62. The summed E-state index contributed by atoms with van der Waals surface area (Å²) in [5.41, 5.74) is 4.90. The molecule has 0 aromatic rings. The molecular formula is C16H18N2. The van der Waals surface area contributed by atoms with E-state index in [2.05, 4.69) is 12.1 Å². The molecule has 0 radical (unpaired) electrons. The van der Waals surface area contributed by atoms with Gasteiger partial charge in [0.1, 0.15) is 17.7 Å². The number of hydrogen-bond donors (Lipinski definition) is 0. The number of nitrogens with zero attached hydrogens (tertiary/aromatic N) is 2. The van der Waals surface area contributed by atoms with Gasteiger partial charge in [0.05, 0.1) is 0 Å². The Morgan fingerprint density at radius 1 is 1.00 bits per heavy atom. The predicted octanol–water partition coefficient (Wildman–Crippen LogP) is 4.02. The second-order valence-corrected chi connectivity index (χ2v) is 5.77. The molecule has 3 aliphatic rings. The molecular weight excluding hydrogens is 220 g/mol. The van der Waals surface area contributed by atoms with Crippen molar-refractivity contribution >= 4 is 0 Å². The maximum absolute atomic E-state index is 9.18. The second-order valence-electron chi connectivity index (χ2n) is 5.77. The largest absolute Gasteiger partial charge is 0.192 e. The fraction of sp³-hybridized carbons (Fsp3) is 0.625. The van der Waals surface area contributed by atoms with E-state index in [4.69, 9.17) is 0 Å². The van der Waals surface area contributed by atoms with Crippen LogP contribution in [0.2, 0.25) is 0 Å². The Bertz CT molecular complexity index is 494. The van der Waals surface area contributed by atoms with Crippen LogP contribution in [0.4, 0.5) is 0 Å². The molecule has 0 amide bonds. The zero-order valence-corrected chi connectivity index (χ0v) is 10.7. The first kappa shape index (κ1) is 11.5. The molecule has 3 aliphatic carbocycles. The summed E-state index contributed by atoms with van der Waals surface area (Å²) >= 11 is 0. The summed E-state index contributed by atoms with van der Waals surface area (Å²) in [6.07, 6.45) is 9.84. The molecule has 0 unspecified atom stereocenters. The Labute approximate surface area is 109 Å². The van der Waals surface area contributed by atoms with Gasteiger partial charge in [-0.15, -0.1) is 0 Å². The number of fused-ring (bicyclic) bond motifs is 3. The minimum absolute atomic E-state index is 0.418. The molecule has 2 atom stereocenters. The summed E-state index contributed by atoms with van der Waals surface area (Å²) < 4.78 is 0. The summed E-state index contributed by atoms with van der Waals surface area (Å²) in [4.78, 5) is 0. The van der Waals surface area contributed by atoms with Gasteiger partial charge >= 0.3 is 0 Å². The van der Waals surface area contributed by atoms with E-state index >= 15 is 0 Å². The van der Waals surface area contributed by atoms with Crippen LogP contribution in [-0.4, -0.2) is 0 Å². The fourth-order valence-electron chi connectivity index (χ4n) is 4.21. The van der Waals surface area contributed by atoms with Crippen LogP contribution < -0.4 is 0 Å². The van der Waals surface area contributed by atoms with E-state index in [1.807, 2.05) is 0 Å². The quantitative estimate of drug-likeness (QED) is 0.472. The molecule has 2 bridgehead atoms. The van der Waals surface area contributed by atoms with E-state index in [1.54, 1.807) is 11.1 Å². The Balaban J connectivity index is 2.10. The van der Waals surface area contributed by atoms with Crippen molar-refractivity contribution in [1.29, 1.82) is 10.5 Å². The highest BCUT2D eigenvalue weighted by atomic mass is 14.4. The Kier molecular flexibility index (Phi) is 2.96. The number of hydrogen-bond acceptors (Lipinski definition) is 2. The van der Waals surface area contributed by atoms with Crippen molar-refractivity contribution in [2.45, 2.75) is 51.4 Å². The van der Waals surface area contributed by atoms with Crippen molar-refractivity contribution in [1.82, 2.24) is 0 Å². The standard InChI is InChI=1S/C16H18N2/c17-9-13(10-18)16-12-5-3-7-15(16)14-6-2-1-4-11(14)8-12/h12,15H,1-8H2/t12-,15-/m1/s1. The summed E-state index contributed by atoms with van der Waals surface area (Å²) in [5, 5.41) is 18.4. The zero-order valence-electron chi connectivity index (χ0n) is 10.7. The molecule has 0 aliphatic heterocycles. The first-order chi connectivity index (χ1) is 8.85. The summed E-state index contributed by atoms with van der Waals surface area (Å²) in [6, 6.07) is 4.28. The van der Waals surface area contributed by atoms with Gasteiger partial charge in [-0.2, -0.15) is 10.5 Å². The molecule has 3 rings (SSSR count). The van der Waals surface area contributed by atoms with Gasteiger partial charge in [0.15, 0.2) is 0 Å². The zero-order chi connectivity index (χ0) is 12.5. The normalized spacial score (nSPS) is 30.2. The lowest BCUT2D eigenvalue weighted by atomic mass is 9.62. The maximum Gasteiger partial charge on any atom is 0.129 e. The topological polar surface area (TPSA) is 47.6 Å². The number of allylic oxidation sites excluding steroid dienone is 4. The monoisotopic (exact) mass is 238 g/mol. The Morgan fingerprint density at radius 3 is 2.56 bits per heavy atom. The predicted molar refractivity (Wildman–Crippen MR) is 69.2 cm³/mol. The number of rotatable bonds is 0. The van der Waals surface area contributed by atoms with Gasteiger partial charge in [-0.25, -0.2) is 0 Å². The SMILES string of the molecule is N#CC(C#N)=C1[C@@H]2CCC[C@@H]1C1=C(CCCC1)C2. The third-order valence-electron chi connectivity index (χ3n) is 4.92. The summed E-state index contributed by atoms with van der Waals surface area (Å²) in [7, 11) is 0. The van der Waals surface area contributed by atoms with Crippen LogP contribution in [0.25, 0.3) is 0 Å². The Hall–Kier alpha value is -1.54. The minimum atomic E-state index is 0.418. The maximum atomic E-state index is 9.18. The van der Waals surface area contributed by atoms with Crippen LogP contribution >= 0.6 is 0 Å². The molecule has 0 saturated heterocycles. The van der Waals surface area contributed by atoms with E-state index in [-0.39, 0.29) is 0 Å². The first-order valence-corrected chi connectivity index (χ1v) is 7.10. The van der Waals surface area contributed by atoms with Gasteiger partial charge in [-0.1, -0.05) is 17.6 Å². The van der Waals surface area contributed by atoms with Crippen LogP contribution in [0, 0.1) is 34.5 Å². The lowest BCUT2D eigenvalue weighted by Gasteiger charge is -2.42. The molecule has 0 spiro atoms. The third-order valence-corrected chi connectivity index (χ3v) is 4.92. The van der Waals surface area contributed by atoms with Crippen molar-refractivity contribution < 1.29 is 0 Å². The van der Waals surface area contributed by atoms with Crippen molar-refractivity contribution in [3.05, 3.63) is 22.3 Å². The van der Waals surface area contributed by atoms with Gasteiger partial charge in [0, 0.05) is 5.92 Å². The lowest BCUT2D eigenvalue weighted by molar-refractivity contribution is 0.344. The van der Waals surface area contributed by atoms with Crippen molar-refractivity contribution in [2.24, 2.45) is 11.8 Å². The highest BCUT2D eigenvalue weighted by molar-refractivity contribution is 5.48. The van der Waals surface area contributed by atoms with E-state index in [1.165, 1.54) is 44.1 Å². The van der Waals surface area contributed by atoms with Crippen LogP contribution in [0.15, 0.2) is 22.3 Å². The molecule has 2 heteroatoms. The van der Waals surface area contributed by atoms with Gasteiger partial charge in [0.25, 0.3) is 0 Å². The molecule has 0 heterocycles. The van der Waals surface area contributed by atoms with Crippen LogP contribution in [-0.2, 0) is 0 Å². The van der Waals surface area contributed by atoms with Gasteiger partial charge in [0.2, 0.25) is 0 Å². The lowest BCUT2D eigenvalue weighted by Crippen LogP contribution is -2.29. The molecule has 1 fully saturated rings. The fourth-order valence-corrected chi connectivity index (χ4v) is 4.21. The smallest absolute Gasteiger partial charge is 0.129 e. The summed E-state index contributed by atoms with van der Waals surface area (Å²) in [6.45, 7) is 0. The van der Waals surface area contributed by atoms with Crippen LogP contribution in [0.5, 0.6) is 0 Å². The van der Waals surface area contributed by atoms with Crippen LogP contribution in [0.3, 0.4) is 0 Å². The molecule has 1 saturated carbocycles. The molecule has 0 aromatic carbocycles. The number of nitriles is 2. The van der Waals surface area contributed by atoms with Crippen molar-refractivity contribution in [3.63, 3.8) is 0 Å². The van der Waals surface area contributed by atoms with Gasteiger partial charge in [-0.05, 0) is 56.4 Å². The van der Waals surface area contributed by atoms with Crippen molar-refractivity contribution in [2.75, 3.05) is 0 Å². The minimum Gasteiger partial charge on any atom is -0.192 e. The summed E-state index contributed by atoms with van der Waals surface area (Å²) in [5.74, 6) is 0.942. The highest BCUT2D eigenvalue weighted by Crippen LogP contribution is 2.51.